The van der Waals surface area contributed by atoms with Crippen LogP contribution in [0.3, 0.4) is 0 Å². The van der Waals surface area contributed by atoms with Crippen LogP contribution in [-0.4, -0.2) is 43.3 Å². The standard InChI is InChI=1S/C30H42N2O3/c33-30(35-24-25-12-5-3-6-13-25)31-29(26-14-7-4-8-15-26)27-16-18-28(19-17-27)34-23-10-2-1-9-20-32-21-11-22-32/h3-8,12-15,27-29H,1-2,9-11,16-24H2,(H,31,33). The van der Waals surface area contributed by atoms with Crippen LogP contribution in [0.25, 0.3) is 0 Å². The number of carbonyl (C=O) groups is 1. The Kier molecular flexibility index (Phi) is 10.5. The minimum atomic E-state index is -0.352. The van der Waals surface area contributed by atoms with Crippen LogP contribution in [0.15, 0.2) is 60.7 Å². The van der Waals surface area contributed by atoms with Gasteiger partial charge >= 0.3 is 6.09 Å². The number of carbonyl (C=O) groups excluding carboxylic acids is 1. The predicted octanol–water partition coefficient (Wildman–Crippen LogP) is 6.50. The van der Waals surface area contributed by atoms with Crippen LogP contribution in [0, 0.1) is 5.92 Å². The zero-order valence-electron chi connectivity index (χ0n) is 21.1. The largest absolute Gasteiger partial charge is 0.445 e. The maximum atomic E-state index is 12.7. The van der Waals surface area contributed by atoms with Crippen LogP contribution in [0.5, 0.6) is 0 Å². The SMILES string of the molecule is O=C(NC(c1ccccc1)C1CCC(OCCCCCCN2CCC2)CC1)OCc1ccccc1. The van der Waals surface area contributed by atoms with E-state index in [9.17, 15) is 4.79 Å². The third-order valence-corrected chi connectivity index (χ3v) is 7.51. The maximum Gasteiger partial charge on any atom is 0.407 e. The molecule has 190 valence electrons. The van der Waals surface area contributed by atoms with Gasteiger partial charge in [0.15, 0.2) is 0 Å². The summed E-state index contributed by atoms with van der Waals surface area (Å²) in [5.41, 5.74) is 2.14. The number of ether oxygens (including phenoxy) is 2. The average molecular weight is 479 g/mol. The Hall–Kier alpha value is -2.37. The first kappa shape index (κ1) is 25.7. The number of rotatable bonds is 13. The van der Waals surface area contributed by atoms with Crippen molar-refractivity contribution in [2.24, 2.45) is 5.92 Å². The van der Waals surface area contributed by atoms with Crippen LogP contribution >= 0.6 is 0 Å². The number of unbranched alkanes of at least 4 members (excludes halogenated alkanes) is 3. The lowest BCUT2D eigenvalue weighted by Crippen LogP contribution is -2.37. The minimum absolute atomic E-state index is 0.0353. The lowest BCUT2D eigenvalue weighted by Gasteiger charge is -2.34. The van der Waals surface area contributed by atoms with Crippen molar-refractivity contribution in [3.63, 3.8) is 0 Å². The number of hydrogen-bond donors (Lipinski definition) is 1. The Morgan fingerprint density at radius 1 is 0.886 bits per heavy atom. The molecule has 0 spiro atoms. The average Bonchev–Trinajstić information content (AvgIpc) is 2.88. The molecule has 1 N–H and O–H groups in total. The van der Waals surface area contributed by atoms with E-state index in [0.717, 1.165) is 43.4 Å². The molecule has 1 aliphatic carbocycles. The van der Waals surface area contributed by atoms with Crippen molar-refractivity contribution in [2.75, 3.05) is 26.2 Å². The van der Waals surface area contributed by atoms with Crippen LogP contribution in [0.1, 0.15) is 75.0 Å². The molecule has 2 aliphatic rings. The second-order valence-corrected chi connectivity index (χ2v) is 10.1. The highest BCUT2D eigenvalue weighted by Crippen LogP contribution is 2.35. The Balaban J connectivity index is 1.17. The van der Waals surface area contributed by atoms with E-state index < -0.39 is 0 Å². The summed E-state index contributed by atoms with van der Waals surface area (Å²) in [6.45, 7) is 5.06. The Bertz CT molecular complexity index is 848. The van der Waals surface area contributed by atoms with Crippen molar-refractivity contribution in [3.8, 4) is 0 Å². The molecule has 5 heteroatoms. The van der Waals surface area contributed by atoms with Gasteiger partial charge in [-0.3, -0.25) is 0 Å². The number of benzene rings is 2. The van der Waals surface area contributed by atoms with E-state index in [1.165, 1.54) is 51.7 Å². The summed E-state index contributed by atoms with van der Waals surface area (Å²) < 4.78 is 11.8. The zero-order chi connectivity index (χ0) is 24.1. The Morgan fingerprint density at radius 3 is 2.26 bits per heavy atom. The fraction of sp³-hybridized carbons (Fsp3) is 0.567. The molecule has 35 heavy (non-hydrogen) atoms. The summed E-state index contributed by atoms with van der Waals surface area (Å²) in [6, 6.07) is 20.1. The Morgan fingerprint density at radius 2 is 1.57 bits per heavy atom. The molecule has 1 aliphatic heterocycles. The molecule has 1 heterocycles. The van der Waals surface area contributed by atoms with Gasteiger partial charge in [-0.05, 0) is 81.6 Å². The molecule has 5 nitrogen and oxygen atoms in total. The lowest BCUT2D eigenvalue weighted by atomic mass is 9.80. The van der Waals surface area contributed by atoms with Gasteiger partial charge in [-0.25, -0.2) is 4.79 Å². The summed E-state index contributed by atoms with van der Waals surface area (Å²) in [5.74, 6) is 0.392. The van der Waals surface area contributed by atoms with Crippen molar-refractivity contribution >= 4 is 6.09 Å². The number of amides is 1. The summed E-state index contributed by atoms with van der Waals surface area (Å²) in [5, 5.41) is 3.17. The highest BCUT2D eigenvalue weighted by molar-refractivity contribution is 5.68. The number of alkyl carbamates (subject to hydrolysis) is 1. The molecule has 1 saturated heterocycles. The molecule has 2 aromatic rings. The quantitative estimate of drug-likeness (QED) is 0.334. The van der Waals surface area contributed by atoms with Crippen molar-refractivity contribution in [2.45, 2.75) is 76.5 Å². The smallest absolute Gasteiger partial charge is 0.407 e. The molecule has 1 amide bonds. The number of likely N-dealkylation sites (tertiary alicyclic amines) is 1. The van der Waals surface area contributed by atoms with E-state index in [1.54, 1.807) is 0 Å². The molecule has 4 rings (SSSR count). The van der Waals surface area contributed by atoms with E-state index in [4.69, 9.17) is 9.47 Å². The van der Waals surface area contributed by atoms with Gasteiger partial charge in [0, 0.05) is 6.61 Å². The van der Waals surface area contributed by atoms with Crippen molar-refractivity contribution in [1.29, 1.82) is 0 Å². The first-order valence-corrected chi connectivity index (χ1v) is 13.6. The third-order valence-electron chi connectivity index (χ3n) is 7.51. The maximum absolute atomic E-state index is 12.7. The predicted molar refractivity (Wildman–Crippen MR) is 140 cm³/mol. The minimum Gasteiger partial charge on any atom is -0.445 e. The molecule has 0 aromatic heterocycles. The molecule has 2 fully saturated rings. The van der Waals surface area contributed by atoms with Gasteiger partial charge in [-0.15, -0.1) is 0 Å². The number of hydrogen-bond acceptors (Lipinski definition) is 4. The summed E-state index contributed by atoms with van der Waals surface area (Å²) in [7, 11) is 0. The molecule has 0 radical (unpaired) electrons. The van der Waals surface area contributed by atoms with Gasteiger partial charge in [0.1, 0.15) is 6.61 Å². The van der Waals surface area contributed by atoms with E-state index in [0.29, 0.717) is 12.0 Å². The van der Waals surface area contributed by atoms with Gasteiger partial charge in [0.2, 0.25) is 0 Å². The van der Waals surface area contributed by atoms with E-state index >= 15 is 0 Å². The highest BCUT2D eigenvalue weighted by Gasteiger charge is 2.30. The van der Waals surface area contributed by atoms with Crippen molar-refractivity contribution in [3.05, 3.63) is 71.8 Å². The van der Waals surface area contributed by atoms with E-state index in [-0.39, 0.29) is 18.7 Å². The third kappa shape index (κ3) is 8.66. The van der Waals surface area contributed by atoms with Gasteiger partial charge < -0.3 is 19.7 Å². The lowest BCUT2D eigenvalue weighted by molar-refractivity contribution is 0.0116. The van der Waals surface area contributed by atoms with Crippen LogP contribution in [0.4, 0.5) is 4.79 Å². The first-order chi connectivity index (χ1) is 17.3. The molecule has 1 atom stereocenters. The van der Waals surface area contributed by atoms with Crippen LogP contribution in [0.2, 0.25) is 0 Å². The van der Waals surface area contributed by atoms with Crippen molar-refractivity contribution in [1.82, 2.24) is 10.2 Å². The molecule has 0 bridgehead atoms. The Labute approximate surface area is 211 Å². The second kappa shape index (κ2) is 14.3. The summed E-state index contributed by atoms with van der Waals surface area (Å²) in [6.07, 6.45) is 10.7. The number of nitrogens with zero attached hydrogens (tertiary/aromatic N) is 1. The topological polar surface area (TPSA) is 50.8 Å². The summed E-state index contributed by atoms with van der Waals surface area (Å²) in [4.78, 5) is 15.2. The highest BCUT2D eigenvalue weighted by atomic mass is 16.5. The van der Waals surface area contributed by atoms with E-state index in [1.807, 2.05) is 48.5 Å². The molecular weight excluding hydrogens is 436 g/mol. The van der Waals surface area contributed by atoms with Gasteiger partial charge in [0.05, 0.1) is 12.1 Å². The fourth-order valence-corrected chi connectivity index (χ4v) is 5.26. The fourth-order valence-electron chi connectivity index (χ4n) is 5.26. The zero-order valence-corrected chi connectivity index (χ0v) is 21.1. The van der Waals surface area contributed by atoms with Gasteiger partial charge in [-0.1, -0.05) is 73.5 Å². The molecule has 1 saturated carbocycles. The van der Waals surface area contributed by atoms with Gasteiger partial charge in [-0.2, -0.15) is 0 Å². The van der Waals surface area contributed by atoms with E-state index in [2.05, 4.69) is 22.3 Å². The van der Waals surface area contributed by atoms with Gasteiger partial charge in [0.25, 0.3) is 0 Å². The van der Waals surface area contributed by atoms with Crippen LogP contribution < -0.4 is 5.32 Å². The monoisotopic (exact) mass is 478 g/mol. The normalized spacial score (nSPS) is 21.1. The molecular formula is C30H42N2O3. The second-order valence-electron chi connectivity index (χ2n) is 10.1. The first-order valence-electron chi connectivity index (χ1n) is 13.6. The molecule has 2 aromatic carbocycles. The number of nitrogens with one attached hydrogen (secondary N) is 1. The molecule has 1 unspecified atom stereocenters. The summed E-state index contributed by atoms with van der Waals surface area (Å²) >= 11 is 0. The van der Waals surface area contributed by atoms with Crippen molar-refractivity contribution < 1.29 is 14.3 Å². The van der Waals surface area contributed by atoms with Crippen LogP contribution in [-0.2, 0) is 16.1 Å².